The van der Waals surface area contributed by atoms with Gasteiger partial charge in [-0.3, -0.25) is 0 Å². The lowest BCUT2D eigenvalue weighted by atomic mass is 10.2. The molecule has 2 N–H and O–H groups in total. The van der Waals surface area contributed by atoms with E-state index in [0.717, 1.165) is 5.56 Å². The van der Waals surface area contributed by atoms with Crippen molar-refractivity contribution in [3.63, 3.8) is 0 Å². The summed E-state index contributed by atoms with van der Waals surface area (Å²) in [5.41, 5.74) is 6.39. The Balaban J connectivity index is 2.64. The van der Waals surface area contributed by atoms with Crippen molar-refractivity contribution in [1.29, 1.82) is 0 Å². The summed E-state index contributed by atoms with van der Waals surface area (Å²) in [7, 11) is 0. The molecule has 0 radical (unpaired) electrons. The fourth-order valence-corrected chi connectivity index (χ4v) is 1.55. The lowest BCUT2D eigenvalue weighted by molar-refractivity contribution is -0.157. The first-order valence-electron chi connectivity index (χ1n) is 5.59. The Kier molecular flexibility index (Phi) is 4.46. The predicted molar refractivity (Wildman–Crippen MR) is 71.9 cm³/mol. The van der Waals surface area contributed by atoms with Gasteiger partial charge in [0.05, 0.1) is 10.7 Å². The average Bonchev–Trinajstić information content (AvgIpc) is 2.19. The molecule has 1 aromatic rings. The van der Waals surface area contributed by atoms with Crippen molar-refractivity contribution >= 4 is 23.3 Å². The molecular weight excluding hydrogens is 254 g/mol. The van der Waals surface area contributed by atoms with E-state index in [9.17, 15) is 4.79 Å². The first-order chi connectivity index (χ1) is 8.19. The second-order valence-corrected chi connectivity index (χ2v) is 5.42. The molecule has 0 aliphatic carbocycles. The van der Waals surface area contributed by atoms with E-state index < -0.39 is 11.6 Å². The Labute approximate surface area is 112 Å². The first-order valence-corrected chi connectivity index (χ1v) is 5.97. The smallest absolute Gasteiger partial charge is 0.344 e. The lowest BCUT2D eigenvalue weighted by Gasteiger charge is -2.19. The van der Waals surface area contributed by atoms with Crippen molar-refractivity contribution in [2.45, 2.75) is 33.3 Å². The van der Waals surface area contributed by atoms with Crippen molar-refractivity contribution in [2.24, 2.45) is 0 Å². The van der Waals surface area contributed by atoms with Crippen LogP contribution in [0.4, 0.5) is 5.69 Å². The number of halogens is 1. The van der Waals surface area contributed by atoms with Gasteiger partial charge in [0.1, 0.15) is 11.4 Å². The summed E-state index contributed by atoms with van der Waals surface area (Å²) in [4.78, 5) is 11.5. The molecule has 100 valence electrons. The number of carbonyl (C=O) groups excluding carboxylic acids is 1. The van der Waals surface area contributed by atoms with Crippen LogP contribution in [0.1, 0.15) is 26.3 Å². The van der Waals surface area contributed by atoms with Crippen molar-refractivity contribution in [3.05, 3.63) is 22.7 Å². The van der Waals surface area contributed by atoms with Gasteiger partial charge in [-0.2, -0.15) is 0 Å². The van der Waals surface area contributed by atoms with Gasteiger partial charge in [-0.25, -0.2) is 4.79 Å². The highest BCUT2D eigenvalue weighted by Crippen LogP contribution is 2.28. The van der Waals surface area contributed by atoms with Gasteiger partial charge >= 0.3 is 5.97 Å². The fourth-order valence-electron chi connectivity index (χ4n) is 1.33. The van der Waals surface area contributed by atoms with Crippen LogP contribution in [0.25, 0.3) is 0 Å². The lowest BCUT2D eigenvalue weighted by Crippen LogP contribution is -2.27. The number of anilines is 1. The molecule has 5 heteroatoms. The Morgan fingerprint density at radius 2 is 2.00 bits per heavy atom. The Morgan fingerprint density at radius 3 is 2.56 bits per heavy atom. The van der Waals surface area contributed by atoms with E-state index in [1.165, 1.54) is 0 Å². The summed E-state index contributed by atoms with van der Waals surface area (Å²) < 4.78 is 10.5. The third-order valence-electron chi connectivity index (χ3n) is 2.06. The molecule has 0 saturated carbocycles. The van der Waals surface area contributed by atoms with E-state index in [4.69, 9.17) is 26.8 Å². The van der Waals surface area contributed by atoms with Crippen molar-refractivity contribution < 1.29 is 14.3 Å². The van der Waals surface area contributed by atoms with Crippen LogP contribution in [0, 0.1) is 6.92 Å². The maximum atomic E-state index is 11.5. The van der Waals surface area contributed by atoms with Crippen LogP contribution < -0.4 is 10.5 Å². The largest absolute Gasteiger partial charge is 0.482 e. The summed E-state index contributed by atoms with van der Waals surface area (Å²) in [5.74, 6) is 0.109. The molecule has 0 aliphatic heterocycles. The highest BCUT2D eigenvalue weighted by atomic mass is 35.5. The van der Waals surface area contributed by atoms with Crippen LogP contribution in [-0.4, -0.2) is 18.2 Å². The quantitative estimate of drug-likeness (QED) is 0.678. The number of benzene rings is 1. The van der Waals surface area contributed by atoms with E-state index in [0.29, 0.717) is 16.5 Å². The van der Waals surface area contributed by atoms with Crippen LogP contribution in [0.5, 0.6) is 5.75 Å². The third kappa shape index (κ3) is 4.45. The van der Waals surface area contributed by atoms with Crippen LogP contribution in [0.3, 0.4) is 0 Å². The highest BCUT2D eigenvalue weighted by Gasteiger charge is 2.17. The number of esters is 1. The number of nitrogens with two attached hydrogens (primary N) is 1. The van der Waals surface area contributed by atoms with Gasteiger partial charge in [0.25, 0.3) is 0 Å². The minimum atomic E-state index is -0.519. The number of nitrogen functional groups attached to an aromatic ring is 1. The highest BCUT2D eigenvalue weighted by molar-refractivity contribution is 6.33. The maximum Gasteiger partial charge on any atom is 0.344 e. The number of carbonyl (C=O) groups is 1. The molecule has 1 rings (SSSR count). The molecule has 0 atom stereocenters. The zero-order valence-electron chi connectivity index (χ0n) is 11.0. The van der Waals surface area contributed by atoms with Crippen LogP contribution in [0.15, 0.2) is 12.1 Å². The van der Waals surface area contributed by atoms with E-state index >= 15 is 0 Å². The van der Waals surface area contributed by atoms with Gasteiger partial charge < -0.3 is 15.2 Å². The SMILES string of the molecule is Cc1cc(Cl)c(N)cc1OCC(=O)OC(C)(C)C. The van der Waals surface area contributed by atoms with Crippen LogP contribution in [-0.2, 0) is 9.53 Å². The molecule has 0 fully saturated rings. The number of rotatable bonds is 3. The van der Waals surface area contributed by atoms with Gasteiger partial charge in [-0.15, -0.1) is 0 Å². The molecule has 0 unspecified atom stereocenters. The van der Waals surface area contributed by atoms with Crippen LogP contribution >= 0.6 is 11.6 Å². The normalized spacial score (nSPS) is 11.2. The molecule has 0 bridgehead atoms. The zero-order chi connectivity index (χ0) is 13.9. The van der Waals surface area contributed by atoms with Gasteiger partial charge in [0.2, 0.25) is 0 Å². The number of ether oxygens (including phenoxy) is 2. The summed E-state index contributed by atoms with van der Waals surface area (Å²) in [6.45, 7) is 7.08. The van der Waals surface area contributed by atoms with Gasteiger partial charge in [0, 0.05) is 6.07 Å². The molecule has 0 saturated heterocycles. The monoisotopic (exact) mass is 271 g/mol. The Bertz CT molecular complexity index is 452. The molecular formula is C13H18ClNO3. The second kappa shape index (κ2) is 5.48. The standard InChI is InChI=1S/C13H18ClNO3/c1-8-5-9(14)10(15)6-11(8)17-7-12(16)18-13(2,3)4/h5-6H,7,15H2,1-4H3. The zero-order valence-corrected chi connectivity index (χ0v) is 11.8. The molecule has 1 aromatic carbocycles. The number of aryl methyl sites for hydroxylation is 1. The first kappa shape index (κ1) is 14.6. The molecule has 0 amide bonds. The minimum absolute atomic E-state index is 0.154. The predicted octanol–water partition coefficient (Wildman–Crippen LogP) is 2.95. The summed E-state index contributed by atoms with van der Waals surface area (Å²) >= 11 is 5.86. The summed E-state index contributed by atoms with van der Waals surface area (Å²) in [5, 5.41) is 0.470. The summed E-state index contributed by atoms with van der Waals surface area (Å²) in [6, 6.07) is 3.29. The Hall–Kier alpha value is -1.42. The van der Waals surface area contributed by atoms with E-state index in [-0.39, 0.29) is 6.61 Å². The Morgan fingerprint density at radius 1 is 1.39 bits per heavy atom. The maximum absolute atomic E-state index is 11.5. The number of hydrogen-bond acceptors (Lipinski definition) is 4. The van der Waals surface area contributed by atoms with E-state index in [1.54, 1.807) is 32.9 Å². The molecule has 0 heterocycles. The van der Waals surface area contributed by atoms with Crippen molar-refractivity contribution in [2.75, 3.05) is 12.3 Å². The number of hydrogen-bond donors (Lipinski definition) is 1. The fraction of sp³-hybridized carbons (Fsp3) is 0.462. The van der Waals surface area contributed by atoms with E-state index in [2.05, 4.69) is 0 Å². The molecule has 18 heavy (non-hydrogen) atoms. The average molecular weight is 272 g/mol. The van der Waals surface area contributed by atoms with Crippen LogP contribution in [0.2, 0.25) is 5.02 Å². The minimum Gasteiger partial charge on any atom is -0.482 e. The van der Waals surface area contributed by atoms with Gasteiger partial charge in [-0.1, -0.05) is 11.6 Å². The van der Waals surface area contributed by atoms with E-state index in [1.807, 2.05) is 6.92 Å². The van der Waals surface area contributed by atoms with Gasteiger partial charge in [-0.05, 0) is 39.3 Å². The van der Waals surface area contributed by atoms with Crippen molar-refractivity contribution in [3.8, 4) is 5.75 Å². The molecule has 0 aliphatic rings. The molecule has 0 aromatic heterocycles. The molecule has 4 nitrogen and oxygen atoms in total. The third-order valence-corrected chi connectivity index (χ3v) is 2.39. The summed E-state index contributed by atoms with van der Waals surface area (Å²) in [6.07, 6.45) is 0. The van der Waals surface area contributed by atoms with Crippen molar-refractivity contribution in [1.82, 2.24) is 0 Å². The second-order valence-electron chi connectivity index (χ2n) is 5.01. The molecule has 0 spiro atoms. The van der Waals surface area contributed by atoms with Gasteiger partial charge in [0.15, 0.2) is 6.61 Å². The topological polar surface area (TPSA) is 61.5 Å².